The zero-order valence-corrected chi connectivity index (χ0v) is 22.4. The first-order chi connectivity index (χ1) is 18.3. The molecule has 2 aromatic carbocycles. The highest BCUT2D eigenvalue weighted by Crippen LogP contribution is 2.29. The van der Waals surface area contributed by atoms with Crippen LogP contribution in [0.3, 0.4) is 0 Å². The SMILES string of the molecule is Cc1ccc([C@H](C)NC(=O)[C@H]2CC[C@@H](Nc3nc(N(C)C)c4ccccc4n3)CC2)cc1.O=C(O)C(F)(F)F. The van der Waals surface area contributed by atoms with Crippen LogP contribution in [-0.2, 0) is 9.59 Å². The number of carboxylic acids is 1. The van der Waals surface area contributed by atoms with E-state index in [0.717, 1.165) is 48.0 Å². The molecule has 3 N–H and O–H groups in total. The quantitative estimate of drug-likeness (QED) is 0.376. The summed E-state index contributed by atoms with van der Waals surface area (Å²) in [6.45, 7) is 4.12. The number of hydrogen-bond donors (Lipinski definition) is 3. The van der Waals surface area contributed by atoms with Crippen LogP contribution < -0.4 is 15.5 Å². The second-order valence-electron chi connectivity index (χ2n) is 9.92. The Bertz CT molecular complexity index is 1270. The van der Waals surface area contributed by atoms with Crippen molar-refractivity contribution in [2.75, 3.05) is 24.3 Å². The number of carbonyl (C=O) groups excluding carboxylic acids is 1. The van der Waals surface area contributed by atoms with Crippen LogP contribution in [0.25, 0.3) is 10.9 Å². The van der Waals surface area contributed by atoms with Crippen LogP contribution >= 0.6 is 0 Å². The fourth-order valence-corrected chi connectivity index (χ4v) is 4.42. The highest BCUT2D eigenvalue weighted by molar-refractivity contribution is 5.90. The molecule has 0 aliphatic heterocycles. The van der Waals surface area contributed by atoms with E-state index in [-0.39, 0.29) is 23.9 Å². The summed E-state index contributed by atoms with van der Waals surface area (Å²) in [6, 6.07) is 16.7. The van der Waals surface area contributed by atoms with Crippen molar-refractivity contribution in [3.63, 3.8) is 0 Å². The number of para-hydroxylation sites is 1. The summed E-state index contributed by atoms with van der Waals surface area (Å²) in [4.78, 5) is 33.2. The Balaban J connectivity index is 0.000000532. The number of aliphatic carboxylic acids is 1. The molecule has 4 rings (SSSR count). The molecule has 1 aliphatic carbocycles. The van der Waals surface area contributed by atoms with E-state index in [9.17, 15) is 18.0 Å². The number of aromatic nitrogens is 2. The summed E-state index contributed by atoms with van der Waals surface area (Å²) < 4.78 is 31.7. The molecule has 0 unspecified atom stereocenters. The Morgan fingerprint density at radius 2 is 1.59 bits per heavy atom. The zero-order chi connectivity index (χ0) is 28.7. The van der Waals surface area contributed by atoms with Crippen LogP contribution in [0.5, 0.6) is 0 Å². The number of carbonyl (C=O) groups is 2. The van der Waals surface area contributed by atoms with E-state index in [1.165, 1.54) is 5.56 Å². The number of hydrogen-bond acceptors (Lipinski definition) is 6. The number of fused-ring (bicyclic) bond motifs is 1. The van der Waals surface area contributed by atoms with Crippen molar-refractivity contribution in [1.29, 1.82) is 0 Å². The van der Waals surface area contributed by atoms with Crippen molar-refractivity contribution < 1.29 is 27.9 Å². The lowest BCUT2D eigenvalue weighted by molar-refractivity contribution is -0.192. The van der Waals surface area contributed by atoms with Crippen LogP contribution in [0.15, 0.2) is 48.5 Å². The zero-order valence-electron chi connectivity index (χ0n) is 22.4. The molecule has 210 valence electrons. The Kier molecular flexibility index (Phi) is 9.71. The Hall–Kier alpha value is -3.89. The monoisotopic (exact) mass is 545 g/mol. The first-order valence-corrected chi connectivity index (χ1v) is 12.7. The molecule has 1 aliphatic rings. The lowest BCUT2D eigenvalue weighted by Crippen LogP contribution is -2.37. The third kappa shape index (κ3) is 8.30. The van der Waals surface area contributed by atoms with Crippen LogP contribution in [0.4, 0.5) is 24.9 Å². The van der Waals surface area contributed by atoms with Crippen molar-refractivity contribution >= 4 is 34.5 Å². The predicted octanol–water partition coefficient (Wildman–Crippen LogP) is 5.49. The van der Waals surface area contributed by atoms with Crippen LogP contribution in [0, 0.1) is 12.8 Å². The van der Waals surface area contributed by atoms with Gasteiger partial charge in [0.1, 0.15) is 5.82 Å². The molecule has 0 saturated heterocycles. The average molecular weight is 546 g/mol. The number of nitrogens with one attached hydrogen (secondary N) is 2. The molecule has 3 aromatic rings. The molecule has 1 aromatic heterocycles. The molecule has 0 spiro atoms. The van der Waals surface area contributed by atoms with Gasteiger partial charge in [0.15, 0.2) is 0 Å². The molecule has 1 fully saturated rings. The lowest BCUT2D eigenvalue weighted by Gasteiger charge is -2.29. The second kappa shape index (κ2) is 12.8. The summed E-state index contributed by atoms with van der Waals surface area (Å²) >= 11 is 0. The fraction of sp³-hybridized carbons (Fsp3) is 0.429. The molecular weight excluding hydrogens is 511 g/mol. The van der Waals surface area contributed by atoms with Crippen LogP contribution in [-0.4, -0.2) is 53.3 Å². The molecule has 11 heteroatoms. The first kappa shape index (κ1) is 29.7. The molecule has 1 heterocycles. The van der Waals surface area contributed by atoms with Gasteiger partial charge in [-0.1, -0.05) is 42.0 Å². The minimum atomic E-state index is -5.08. The van der Waals surface area contributed by atoms with Crippen molar-refractivity contribution in [3.05, 3.63) is 59.7 Å². The summed E-state index contributed by atoms with van der Waals surface area (Å²) in [5.41, 5.74) is 3.31. The smallest absolute Gasteiger partial charge is 0.475 e. The minimum absolute atomic E-state index is 0.0226. The van der Waals surface area contributed by atoms with Gasteiger partial charge in [-0.15, -0.1) is 0 Å². The van der Waals surface area contributed by atoms with Gasteiger partial charge < -0.3 is 20.6 Å². The van der Waals surface area contributed by atoms with Gasteiger partial charge in [0.05, 0.1) is 11.6 Å². The summed E-state index contributed by atoms with van der Waals surface area (Å²) in [5.74, 6) is -0.957. The Morgan fingerprint density at radius 3 is 2.15 bits per heavy atom. The highest BCUT2D eigenvalue weighted by Gasteiger charge is 2.38. The molecule has 8 nitrogen and oxygen atoms in total. The average Bonchev–Trinajstić information content (AvgIpc) is 2.88. The third-order valence-corrected chi connectivity index (χ3v) is 6.62. The number of halogens is 3. The minimum Gasteiger partial charge on any atom is -0.475 e. The van der Waals surface area contributed by atoms with Gasteiger partial charge in [-0.2, -0.15) is 18.2 Å². The number of aryl methyl sites for hydroxylation is 1. The van der Waals surface area contributed by atoms with Gasteiger partial charge in [-0.3, -0.25) is 4.79 Å². The van der Waals surface area contributed by atoms with Gasteiger partial charge >= 0.3 is 12.1 Å². The van der Waals surface area contributed by atoms with E-state index in [0.29, 0.717) is 5.95 Å². The third-order valence-electron chi connectivity index (χ3n) is 6.62. The normalized spacial score (nSPS) is 17.9. The number of benzene rings is 2. The van der Waals surface area contributed by atoms with Crippen molar-refractivity contribution in [2.24, 2.45) is 5.92 Å². The second-order valence-corrected chi connectivity index (χ2v) is 9.92. The number of alkyl halides is 3. The van der Waals surface area contributed by atoms with E-state index in [2.05, 4.69) is 54.8 Å². The fourth-order valence-electron chi connectivity index (χ4n) is 4.42. The van der Waals surface area contributed by atoms with E-state index in [1.54, 1.807) is 0 Å². The van der Waals surface area contributed by atoms with Gasteiger partial charge in [-0.25, -0.2) is 9.78 Å². The Labute approximate surface area is 225 Å². The first-order valence-electron chi connectivity index (χ1n) is 12.7. The highest BCUT2D eigenvalue weighted by atomic mass is 19.4. The maximum Gasteiger partial charge on any atom is 0.490 e. The molecular formula is C28H34F3N5O3. The van der Waals surface area contributed by atoms with Gasteiger partial charge in [0, 0.05) is 31.4 Å². The molecule has 0 bridgehead atoms. The van der Waals surface area contributed by atoms with Crippen molar-refractivity contribution in [3.8, 4) is 0 Å². The van der Waals surface area contributed by atoms with Gasteiger partial charge in [0.2, 0.25) is 11.9 Å². The maximum atomic E-state index is 12.8. The Morgan fingerprint density at radius 1 is 1.00 bits per heavy atom. The summed E-state index contributed by atoms with van der Waals surface area (Å²) in [6.07, 6.45) is -1.47. The van der Waals surface area contributed by atoms with E-state index in [4.69, 9.17) is 19.9 Å². The standard InChI is InChI=1S/C26H33N5O.C2HF3O2/c1-17-9-11-19(12-10-17)18(2)27-25(32)20-13-15-21(16-14-20)28-26-29-23-8-6-5-7-22(23)24(30-26)31(3)4;3-2(4,5)1(6)7/h5-12,18,20-21H,13-16H2,1-4H3,(H,27,32)(H,28,29,30);(H,6,7)/t18-,20-,21+;/m0./s1. The maximum absolute atomic E-state index is 12.8. The van der Waals surface area contributed by atoms with E-state index >= 15 is 0 Å². The topological polar surface area (TPSA) is 107 Å². The van der Waals surface area contributed by atoms with Crippen LogP contribution in [0.2, 0.25) is 0 Å². The van der Waals surface area contributed by atoms with E-state index < -0.39 is 12.1 Å². The van der Waals surface area contributed by atoms with Crippen molar-refractivity contribution in [2.45, 2.75) is 57.8 Å². The largest absolute Gasteiger partial charge is 0.490 e. The number of rotatable bonds is 6. The van der Waals surface area contributed by atoms with Gasteiger partial charge in [-0.05, 0) is 57.2 Å². The molecule has 1 saturated carbocycles. The summed E-state index contributed by atoms with van der Waals surface area (Å²) in [5, 5.41) is 14.9. The number of anilines is 2. The molecule has 39 heavy (non-hydrogen) atoms. The molecule has 0 radical (unpaired) electrons. The number of carboxylic acid groups (broad SMARTS) is 1. The molecule has 1 amide bonds. The van der Waals surface area contributed by atoms with Gasteiger partial charge in [0.25, 0.3) is 0 Å². The number of amides is 1. The summed E-state index contributed by atoms with van der Waals surface area (Å²) in [7, 11) is 4.00. The van der Waals surface area contributed by atoms with E-state index in [1.807, 2.05) is 37.2 Å². The van der Waals surface area contributed by atoms with Crippen LogP contribution in [0.1, 0.15) is 49.8 Å². The lowest BCUT2D eigenvalue weighted by atomic mass is 9.85. The molecule has 1 atom stereocenters. The predicted molar refractivity (Wildman–Crippen MR) is 145 cm³/mol. The number of nitrogens with zero attached hydrogens (tertiary/aromatic N) is 3. The van der Waals surface area contributed by atoms with Crippen molar-refractivity contribution in [1.82, 2.24) is 15.3 Å².